The SMILES string of the molecule is CNC(=O)C(NC(=O)c1ccc(-c2cc(CNC(=O)c3cccc(C)n3)ccn2)o1)C(C)C. The molecule has 3 heterocycles. The van der Waals surface area contributed by atoms with E-state index in [1.165, 1.54) is 13.1 Å². The predicted octanol–water partition coefficient (Wildman–Crippen LogP) is 2.48. The van der Waals surface area contributed by atoms with Crippen molar-refractivity contribution in [3.63, 3.8) is 0 Å². The van der Waals surface area contributed by atoms with Crippen LogP contribution in [0, 0.1) is 12.8 Å². The molecule has 0 aromatic carbocycles. The number of aromatic nitrogens is 2. The topological polar surface area (TPSA) is 126 Å². The number of hydrogen-bond donors (Lipinski definition) is 3. The number of carbonyl (C=O) groups excluding carboxylic acids is 3. The summed E-state index contributed by atoms with van der Waals surface area (Å²) in [7, 11) is 1.52. The van der Waals surface area contributed by atoms with Gasteiger partial charge >= 0.3 is 0 Å². The minimum absolute atomic E-state index is 0.0746. The molecule has 9 heteroatoms. The average Bonchev–Trinajstić information content (AvgIpc) is 3.31. The van der Waals surface area contributed by atoms with Crippen molar-refractivity contribution in [2.75, 3.05) is 7.05 Å². The average molecular weight is 450 g/mol. The number of carbonyl (C=O) groups is 3. The lowest BCUT2D eigenvalue weighted by Crippen LogP contribution is -2.48. The molecule has 0 aliphatic rings. The molecule has 0 bridgehead atoms. The highest BCUT2D eigenvalue weighted by atomic mass is 16.4. The molecule has 0 saturated heterocycles. The van der Waals surface area contributed by atoms with Crippen molar-refractivity contribution < 1.29 is 18.8 Å². The first kappa shape index (κ1) is 23.6. The zero-order valence-corrected chi connectivity index (χ0v) is 19.0. The van der Waals surface area contributed by atoms with Gasteiger partial charge in [0, 0.05) is 25.5 Å². The second kappa shape index (κ2) is 10.5. The molecule has 0 aliphatic heterocycles. The van der Waals surface area contributed by atoms with Gasteiger partial charge in [0.15, 0.2) is 11.5 Å². The summed E-state index contributed by atoms with van der Waals surface area (Å²) < 4.78 is 5.68. The minimum Gasteiger partial charge on any atom is -0.449 e. The monoisotopic (exact) mass is 449 g/mol. The highest BCUT2D eigenvalue weighted by Gasteiger charge is 2.25. The summed E-state index contributed by atoms with van der Waals surface area (Å²) in [6.07, 6.45) is 1.60. The van der Waals surface area contributed by atoms with E-state index < -0.39 is 11.9 Å². The number of nitrogens with one attached hydrogen (secondary N) is 3. The Hall–Kier alpha value is -4.01. The number of aryl methyl sites for hydroxylation is 1. The van der Waals surface area contributed by atoms with Gasteiger partial charge in [0.25, 0.3) is 11.8 Å². The van der Waals surface area contributed by atoms with Crippen LogP contribution in [0.2, 0.25) is 0 Å². The van der Waals surface area contributed by atoms with Crippen molar-refractivity contribution in [2.24, 2.45) is 5.92 Å². The van der Waals surface area contributed by atoms with Gasteiger partial charge in [-0.05, 0) is 54.8 Å². The van der Waals surface area contributed by atoms with Crippen molar-refractivity contribution in [3.05, 3.63) is 71.4 Å². The minimum atomic E-state index is -0.677. The summed E-state index contributed by atoms with van der Waals surface area (Å²) in [5.74, 6) is -0.655. The quantitative estimate of drug-likeness (QED) is 0.485. The molecule has 3 aromatic rings. The van der Waals surface area contributed by atoms with E-state index >= 15 is 0 Å². The number of furan rings is 1. The molecule has 1 atom stereocenters. The Kier molecular flexibility index (Phi) is 7.55. The van der Waals surface area contributed by atoms with Crippen LogP contribution in [0.15, 0.2) is 53.1 Å². The number of pyridine rings is 2. The van der Waals surface area contributed by atoms with E-state index in [-0.39, 0.29) is 30.0 Å². The van der Waals surface area contributed by atoms with E-state index in [0.29, 0.717) is 17.1 Å². The Morgan fingerprint density at radius 1 is 1.06 bits per heavy atom. The zero-order valence-electron chi connectivity index (χ0n) is 19.0. The van der Waals surface area contributed by atoms with Crippen LogP contribution < -0.4 is 16.0 Å². The predicted molar refractivity (Wildman–Crippen MR) is 122 cm³/mol. The summed E-state index contributed by atoms with van der Waals surface area (Å²) >= 11 is 0. The molecule has 3 rings (SSSR count). The van der Waals surface area contributed by atoms with Crippen LogP contribution in [0.5, 0.6) is 0 Å². The highest BCUT2D eigenvalue weighted by molar-refractivity contribution is 5.96. The number of likely N-dealkylation sites (N-methyl/N-ethyl adjacent to an activating group) is 1. The molecule has 3 aromatic heterocycles. The maximum absolute atomic E-state index is 12.6. The third kappa shape index (κ3) is 6.03. The van der Waals surface area contributed by atoms with E-state index in [0.717, 1.165) is 11.3 Å². The largest absolute Gasteiger partial charge is 0.449 e. The summed E-state index contributed by atoms with van der Waals surface area (Å²) in [6.45, 7) is 5.79. The molecular formula is C24H27N5O4. The van der Waals surface area contributed by atoms with Crippen molar-refractivity contribution in [1.82, 2.24) is 25.9 Å². The second-order valence-corrected chi connectivity index (χ2v) is 7.87. The van der Waals surface area contributed by atoms with Crippen molar-refractivity contribution in [1.29, 1.82) is 0 Å². The van der Waals surface area contributed by atoms with Crippen LogP contribution in [0.1, 0.15) is 46.1 Å². The molecule has 0 aliphatic carbocycles. The van der Waals surface area contributed by atoms with Crippen molar-refractivity contribution in [3.8, 4) is 11.5 Å². The molecule has 3 amide bonds. The van der Waals surface area contributed by atoms with Crippen molar-refractivity contribution in [2.45, 2.75) is 33.4 Å². The number of rotatable bonds is 8. The van der Waals surface area contributed by atoms with Gasteiger partial charge in [-0.2, -0.15) is 0 Å². The molecular weight excluding hydrogens is 422 g/mol. The lowest BCUT2D eigenvalue weighted by molar-refractivity contribution is -0.123. The summed E-state index contributed by atoms with van der Waals surface area (Å²) in [5.41, 5.74) is 2.44. The fourth-order valence-corrected chi connectivity index (χ4v) is 3.16. The first-order chi connectivity index (χ1) is 15.8. The smallest absolute Gasteiger partial charge is 0.287 e. The summed E-state index contributed by atoms with van der Waals surface area (Å²) in [6, 6.07) is 11.3. The van der Waals surface area contributed by atoms with Crippen LogP contribution in [0.25, 0.3) is 11.5 Å². The Labute approximate surface area is 192 Å². The Bertz CT molecular complexity index is 1160. The molecule has 0 saturated carbocycles. The molecule has 0 radical (unpaired) electrons. The summed E-state index contributed by atoms with van der Waals surface area (Å²) in [5, 5.41) is 8.07. The fourth-order valence-electron chi connectivity index (χ4n) is 3.16. The number of nitrogens with zero attached hydrogens (tertiary/aromatic N) is 2. The molecule has 0 fully saturated rings. The van der Waals surface area contributed by atoms with E-state index in [9.17, 15) is 14.4 Å². The van der Waals surface area contributed by atoms with Gasteiger partial charge in [-0.3, -0.25) is 19.4 Å². The fraction of sp³-hybridized carbons (Fsp3) is 0.292. The standard InChI is InChI=1S/C24H27N5O4/c1-14(2)21(24(32)25-4)29-23(31)20-9-8-19(33-20)18-12-16(10-11-26-18)13-27-22(30)17-7-5-6-15(3)28-17/h5-12,14,21H,13H2,1-4H3,(H,25,32)(H,27,30)(H,29,31). The van der Waals surface area contributed by atoms with Gasteiger partial charge in [-0.1, -0.05) is 19.9 Å². The number of amides is 3. The van der Waals surface area contributed by atoms with Gasteiger partial charge in [0.2, 0.25) is 5.91 Å². The molecule has 33 heavy (non-hydrogen) atoms. The van der Waals surface area contributed by atoms with Crippen LogP contribution in [0.4, 0.5) is 0 Å². The lowest BCUT2D eigenvalue weighted by atomic mass is 10.0. The second-order valence-electron chi connectivity index (χ2n) is 7.87. The molecule has 9 nitrogen and oxygen atoms in total. The Morgan fingerprint density at radius 3 is 2.55 bits per heavy atom. The maximum atomic E-state index is 12.6. The normalized spacial score (nSPS) is 11.7. The van der Waals surface area contributed by atoms with Crippen molar-refractivity contribution >= 4 is 17.7 Å². The lowest BCUT2D eigenvalue weighted by Gasteiger charge is -2.19. The molecule has 0 spiro atoms. The third-order valence-electron chi connectivity index (χ3n) is 4.96. The number of hydrogen-bond acceptors (Lipinski definition) is 6. The van der Waals surface area contributed by atoms with E-state index in [4.69, 9.17) is 4.42 Å². The molecule has 1 unspecified atom stereocenters. The van der Waals surface area contributed by atoms with E-state index in [2.05, 4.69) is 25.9 Å². The van der Waals surface area contributed by atoms with Gasteiger partial charge in [-0.15, -0.1) is 0 Å². The summed E-state index contributed by atoms with van der Waals surface area (Å²) in [4.78, 5) is 45.4. The van der Waals surface area contributed by atoms with Crippen LogP contribution in [0.3, 0.4) is 0 Å². The van der Waals surface area contributed by atoms with Gasteiger partial charge in [0.05, 0.1) is 0 Å². The Balaban J connectivity index is 1.67. The molecule has 172 valence electrons. The van der Waals surface area contributed by atoms with Crippen LogP contribution in [-0.4, -0.2) is 40.8 Å². The third-order valence-corrected chi connectivity index (χ3v) is 4.96. The first-order valence-electron chi connectivity index (χ1n) is 10.6. The van der Waals surface area contributed by atoms with Crippen LogP contribution in [-0.2, 0) is 11.3 Å². The first-order valence-corrected chi connectivity index (χ1v) is 10.6. The maximum Gasteiger partial charge on any atom is 0.287 e. The van der Waals surface area contributed by atoms with Crippen LogP contribution >= 0.6 is 0 Å². The van der Waals surface area contributed by atoms with Gasteiger partial charge in [0.1, 0.15) is 17.4 Å². The van der Waals surface area contributed by atoms with E-state index in [1.54, 1.807) is 36.5 Å². The zero-order chi connectivity index (χ0) is 24.0. The van der Waals surface area contributed by atoms with Gasteiger partial charge < -0.3 is 20.4 Å². The Morgan fingerprint density at radius 2 is 1.85 bits per heavy atom. The van der Waals surface area contributed by atoms with E-state index in [1.807, 2.05) is 26.8 Å². The van der Waals surface area contributed by atoms with Gasteiger partial charge in [-0.25, -0.2) is 4.98 Å². The molecule has 3 N–H and O–H groups in total. The highest BCUT2D eigenvalue weighted by Crippen LogP contribution is 2.21.